The third-order valence-corrected chi connectivity index (χ3v) is 4.33. The van der Waals surface area contributed by atoms with Gasteiger partial charge >= 0.3 is 6.03 Å². The van der Waals surface area contributed by atoms with Crippen LogP contribution in [0, 0.1) is 11.3 Å². The molecule has 4 aromatic heterocycles. The minimum Gasteiger partial charge on any atom is -0.338 e. The SMILES string of the molecule is CCNC(=O)Nc1cn(-c2ncc(Cl)cn2)c2cc(-c3cnc(C#N)nc3)cnc12. The van der Waals surface area contributed by atoms with E-state index in [4.69, 9.17) is 16.9 Å². The highest BCUT2D eigenvalue weighted by Crippen LogP contribution is 2.29. The van der Waals surface area contributed by atoms with E-state index in [1.54, 1.807) is 29.4 Å². The smallest absolute Gasteiger partial charge is 0.319 e. The van der Waals surface area contributed by atoms with Crippen LogP contribution in [0.2, 0.25) is 5.02 Å². The van der Waals surface area contributed by atoms with Crippen molar-refractivity contribution in [2.75, 3.05) is 11.9 Å². The molecule has 4 aromatic rings. The molecule has 0 spiro atoms. The van der Waals surface area contributed by atoms with Crippen molar-refractivity contribution in [1.82, 2.24) is 34.8 Å². The van der Waals surface area contributed by atoms with Gasteiger partial charge in [-0.25, -0.2) is 24.7 Å². The number of carbonyl (C=O) groups excluding carboxylic acids is 1. The van der Waals surface area contributed by atoms with Crippen molar-refractivity contribution in [2.45, 2.75) is 6.92 Å². The van der Waals surface area contributed by atoms with Gasteiger partial charge in [0.05, 0.1) is 28.6 Å². The number of fused-ring (bicyclic) bond motifs is 1. The summed E-state index contributed by atoms with van der Waals surface area (Å²) in [5, 5.41) is 14.8. The van der Waals surface area contributed by atoms with Gasteiger partial charge in [-0.2, -0.15) is 5.26 Å². The molecule has 0 fully saturated rings. The number of pyridine rings is 1. The first kappa shape index (κ1) is 19.2. The molecule has 10 nitrogen and oxygen atoms in total. The predicted octanol–water partition coefficient (Wildman–Crippen LogP) is 2.94. The first-order chi connectivity index (χ1) is 14.6. The normalized spacial score (nSPS) is 10.6. The largest absolute Gasteiger partial charge is 0.338 e. The van der Waals surface area contributed by atoms with Crippen LogP contribution < -0.4 is 10.6 Å². The standard InChI is InChI=1S/C19H14ClN9O/c1-2-22-19(30)28-14-10-29(18-26-8-13(20)9-27-18)15-3-11(5-25-17(14)15)12-6-23-16(4-21)24-7-12/h3,5-10H,2H2,1H3,(H2,22,28,30). The number of amides is 2. The number of carbonyl (C=O) groups is 1. The molecule has 0 aliphatic carbocycles. The van der Waals surface area contributed by atoms with E-state index < -0.39 is 0 Å². The summed E-state index contributed by atoms with van der Waals surface area (Å²) >= 11 is 5.91. The van der Waals surface area contributed by atoms with Crippen LogP contribution in [-0.4, -0.2) is 42.1 Å². The summed E-state index contributed by atoms with van der Waals surface area (Å²) in [7, 11) is 0. The van der Waals surface area contributed by atoms with Gasteiger partial charge < -0.3 is 10.6 Å². The van der Waals surface area contributed by atoms with Crippen LogP contribution in [0.25, 0.3) is 28.1 Å². The number of halogens is 1. The number of aromatic nitrogens is 6. The fourth-order valence-corrected chi connectivity index (χ4v) is 2.91. The second-order valence-corrected chi connectivity index (χ2v) is 6.53. The summed E-state index contributed by atoms with van der Waals surface area (Å²) in [4.78, 5) is 33.1. The van der Waals surface area contributed by atoms with E-state index in [0.717, 1.165) is 5.56 Å². The van der Waals surface area contributed by atoms with Crippen molar-refractivity contribution < 1.29 is 4.79 Å². The molecule has 0 aliphatic rings. The van der Waals surface area contributed by atoms with Gasteiger partial charge in [0.25, 0.3) is 0 Å². The lowest BCUT2D eigenvalue weighted by Crippen LogP contribution is -2.28. The highest BCUT2D eigenvalue weighted by atomic mass is 35.5. The van der Waals surface area contributed by atoms with Gasteiger partial charge in [0.1, 0.15) is 11.6 Å². The molecule has 0 aromatic carbocycles. The lowest BCUT2D eigenvalue weighted by molar-refractivity contribution is 0.252. The number of nitrogens with zero attached hydrogens (tertiary/aromatic N) is 7. The number of hydrogen-bond donors (Lipinski definition) is 2. The zero-order valence-corrected chi connectivity index (χ0v) is 16.4. The highest BCUT2D eigenvalue weighted by Gasteiger charge is 2.16. The Morgan fingerprint density at radius 1 is 1.10 bits per heavy atom. The second-order valence-electron chi connectivity index (χ2n) is 6.10. The number of rotatable bonds is 4. The predicted molar refractivity (Wildman–Crippen MR) is 110 cm³/mol. The maximum Gasteiger partial charge on any atom is 0.319 e. The van der Waals surface area contributed by atoms with Gasteiger partial charge in [-0.15, -0.1) is 0 Å². The minimum atomic E-state index is -0.347. The summed E-state index contributed by atoms with van der Waals surface area (Å²) in [5.74, 6) is 0.447. The van der Waals surface area contributed by atoms with E-state index in [2.05, 4.69) is 35.6 Å². The lowest BCUT2D eigenvalue weighted by atomic mass is 10.1. The number of hydrogen-bond acceptors (Lipinski definition) is 7. The van der Waals surface area contributed by atoms with E-state index in [0.29, 0.717) is 39.8 Å². The molecular weight excluding hydrogens is 406 g/mol. The molecule has 4 rings (SSSR count). The molecule has 4 heterocycles. The topological polar surface area (TPSA) is 134 Å². The van der Waals surface area contributed by atoms with Gasteiger partial charge in [-0.1, -0.05) is 11.6 Å². The summed E-state index contributed by atoms with van der Waals surface area (Å²) in [5.41, 5.74) is 3.12. The van der Waals surface area contributed by atoms with E-state index in [1.165, 1.54) is 12.4 Å². The van der Waals surface area contributed by atoms with E-state index in [9.17, 15) is 4.79 Å². The van der Waals surface area contributed by atoms with Crippen LogP contribution in [0.5, 0.6) is 0 Å². The van der Waals surface area contributed by atoms with Gasteiger partial charge in [0.2, 0.25) is 11.8 Å². The monoisotopic (exact) mass is 419 g/mol. The highest BCUT2D eigenvalue weighted by molar-refractivity contribution is 6.30. The Kier molecular flexibility index (Phi) is 5.19. The van der Waals surface area contributed by atoms with Crippen molar-refractivity contribution in [1.29, 1.82) is 5.26 Å². The Morgan fingerprint density at radius 3 is 2.47 bits per heavy atom. The van der Waals surface area contributed by atoms with Crippen molar-refractivity contribution >= 4 is 34.4 Å². The van der Waals surface area contributed by atoms with Crippen LogP contribution in [-0.2, 0) is 0 Å². The van der Waals surface area contributed by atoms with Crippen LogP contribution in [0.3, 0.4) is 0 Å². The van der Waals surface area contributed by atoms with Crippen LogP contribution in [0.4, 0.5) is 10.5 Å². The molecule has 0 aliphatic heterocycles. The molecule has 11 heteroatoms. The zero-order chi connectivity index (χ0) is 21.1. The van der Waals surface area contributed by atoms with E-state index in [-0.39, 0.29) is 11.9 Å². The summed E-state index contributed by atoms with van der Waals surface area (Å²) < 4.78 is 1.70. The molecule has 0 saturated heterocycles. The maximum atomic E-state index is 12.0. The summed E-state index contributed by atoms with van der Waals surface area (Å²) in [6.45, 7) is 2.32. The Labute approximate surface area is 175 Å². The number of nitrogens with one attached hydrogen (secondary N) is 2. The molecule has 0 radical (unpaired) electrons. The van der Waals surface area contributed by atoms with E-state index in [1.807, 2.05) is 19.1 Å². The average molecular weight is 420 g/mol. The first-order valence-corrected chi connectivity index (χ1v) is 9.23. The van der Waals surface area contributed by atoms with Crippen molar-refractivity contribution in [3.8, 4) is 23.1 Å². The number of urea groups is 1. The molecule has 0 unspecified atom stereocenters. The molecule has 0 atom stereocenters. The zero-order valence-electron chi connectivity index (χ0n) is 15.7. The Morgan fingerprint density at radius 2 is 1.80 bits per heavy atom. The summed E-state index contributed by atoms with van der Waals surface area (Å²) in [6.07, 6.45) is 9.40. The van der Waals surface area contributed by atoms with Crippen LogP contribution in [0.1, 0.15) is 12.7 Å². The Balaban J connectivity index is 1.85. The number of anilines is 1. The molecule has 148 valence electrons. The lowest BCUT2D eigenvalue weighted by Gasteiger charge is -2.05. The minimum absolute atomic E-state index is 0.0825. The van der Waals surface area contributed by atoms with Crippen LogP contribution in [0.15, 0.2) is 43.2 Å². The van der Waals surface area contributed by atoms with Gasteiger partial charge in [-0.3, -0.25) is 9.55 Å². The Hall–Kier alpha value is -4.10. The number of nitriles is 1. The molecular formula is C19H14ClN9O. The molecule has 2 amide bonds. The van der Waals surface area contributed by atoms with Gasteiger partial charge in [0, 0.05) is 42.5 Å². The quantitative estimate of drug-likeness (QED) is 0.519. The molecule has 0 saturated carbocycles. The van der Waals surface area contributed by atoms with Gasteiger partial charge in [-0.05, 0) is 13.0 Å². The van der Waals surface area contributed by atoms with Crippen molar-refractivity contribution in [3.05, 3.63) is 54.1 Å². The van der Waals surface area contributed by atoms with Crippen molar-refractivity contribution in [2.24, 2.45) is 0 Å². The second kappa shape index (κ2) is 8.10. The molecule has 0 bridgehead atoms. The third-order valence-electron chi connectivity index (χ3n) is 4.13. The fraction of sp³-hybridized carbons (Fsp3) is 0.105. The Bertz CT molecular complexity index is 1260. The molecule has 2 N–H and O–H groups in total. The molecule has 30 heavy (non-hydrogen) atoms. The van der Waals surface area contributed by atoms with Gasteiger partial charge in [0.15, 0.2) is 0 Å². The third kappa shape index (κ3) is 3.74. The maximum absolute atomic E-state index is 12.0. The van der Waals surface area contributed by atoms with Crippen molar-refractivity contribution in [3.63, 3.8) is 0 Å². The average Bonchev–Trinajstić information content (AvgIpc) is 3.12. The first-order valence-electron chi connectivity index (χ1n) is 8.85. The summed E-state index contributed by atoms with van der Waals surface area (Å²) in [6, 6.07) is 3.39. The van der Waals surface area contributed by atoms with Crippen LogP contribution >= 0.6 is 11.6 Å². The van der Waals surface area contributed by atoms with E-state index >= 15 is 0 Å². The fourth-order valence-electron chi connectivity index (χ4n) is 2.81.